The van der Waals surface area contributed by atoms with Crippen molar-refractivity contribution in [3.05, 3.63) is 53.7 Å². The van der Waals surface area contributed by atoms with Crippen molar-refractivity contribution in [3.8, 4) is 11.1 Å². The first kappa shape index (κ1) is 20.5. The van der Waals surface area contributed by atoms with Gasteiger partial charge in [-0.2, -0.15) is 0 Å². The van der Waals surface area contributed by atoms with E-state index in [0.717, 1.165) is 77.9 Å². The molecule has 0 unspecified atom stereocenters. The van der Waals surface area contributed by atoms with E-state index in [0.29, 0.717) is 5.92 Å². The first-order valence-electron chi connectivity index (χ1n) is 12.2. The van der Waals surface area contributed by atoms with Gasteiger partial charge in [0.05, 0.1) is 22.5 Å². The van der Waals surface area contributed by atoms with Crippen LogP contribution in [0.25, 0.3) is 22.0 Å². The fourth-order valence-electron chi connectivity index (χ4n) is 5.11. The molecule has 0 bridgehead atoms. The smallest absolute Gasteiger partial charge is 0.169 e. The van der Waals surface area contributed by atoms with Gasteiger partial charge in [-0.15, -0.1) is 0 Å². The van der Waals surface area contributed by atoms with Crippen molar-refractivity contribution < 1.29 is 4.79 Å². The number of likely N-dealkylation sites (tertiary alicyclic amines) is 1. The zero-order valence-electron chi connectivity index (χ0n) is 19.2. The Balaban J connectivity index is 1.39. The normalized spacial score (nSPS) is 18.6. The van der Waals surface area contributed by atoms with Crippen LogP contribution in [0.4, 0.5) is 11.4 Å². The number of aliphatic imine (C=N–C) groups is 1. The fraction of sp³-hybridized carbons (Fsp3) is 0.393. The summed E-state index contributed by atoms with van der Waals surface area (Å²) in [6.45, 7) is 3.18. The molecule has 1 aliphatic carbocycles. The first-order valence-corrected chi connectivity index (χ1v) is 12.2. The van der Waals surface area contributed by atoms with E-state index in [1.165, 1.54) is 18.4 Å². The minimum absolute atomic E-state index is 0.172. The van der Waals surface area contributed by atoms with Crippen molar-refractivity contribution in [3.63, 3.8) is 0 Å². The minimum atomic E-state index is 0.172. The van der Waals surface area contributed by atoms with Gasteiger partial charge >= 0.3 is 0 Å². The van der Waals surface area contributed by atoms with Crippen LogP contribution in [0, 0.1) is 11.8 Å². The zero-order chi connectivity index (χ0) is 22.4. The second-order valence-electron chi connectivity index (χ2n) is 9.90. The number of fused-ring (bicyclic) bond motifs is 2. The van der Waals surface area contributed by atoms with Crippen molar-refractivity contribution in [2.75, 3.05) is 32.0 Å². The molecule has 5 heteroatoms. The lowest BCUT2D eigenvalue weighted by atomic mass is 9.95. The number of Topliss-reactive ketones (excluding diaryl/α,β-unsaturated/α-hetero) is 1. The highest BCUT2D eigenvalue weighted by Gasteiger charge is 2.32. The Kier molecular flexibility index (Phi) is 5.22. The third-order valence-corrected chi connectivity index (χ3v) is 7.45. The number of hydrogen-bond donors (Lipinski definition) is 1. The van der Waals surface area contributed by atoms with Gasteiger partial charge in [0.25, 0.3) is 0 Å². The van der Waals surface area contributed by atoms with Crippen molar-refractivity contribution in [2.24, 2.45) is 16.8 Å². The molecule has 0 radical (unpaired) electrons. The number of anilines is 1. The number of rotatable bonds is 6. The van der Waals surface area contributed by atoms with Crippen LogP contribution in [-0.4, -0.2) is 48.6 Å². The fourth-order valence-corrected chi connectivity index (χ4v) is 5.11. The maximum atomic E-state index is 13.1. The molecular formula is C28H30N4O. The summed E-state index contributed by atoms with van der Waals surface area (Å²) in [5.41, 5.74) is 7.27. The monoisotopic (exact) mass is 438 g/mol. The summed E-state index contributed by atoms with van der Waals surface area (Å²) >= 11 is 0. The highest BCUT2D eigenvalue weighted by Crippen LogP contribution is 2.38. The summed E-state index contributed by atoms with van der Waals surface area (Å²) in [7, 11) is 2.19. The number of ketones is 1. The van der Waals surface area contributed by atoms with E-state index in [1.54, 1.807) is 6.20 Å². The Morgan fingerprint density at radius 1 is 1.06 bits per heavy atom. The first-order chi connectivity index (χ1) is 16.2. The summed E-state index contributed by atoms with van der Waals surface area (Å²) in [6.07, 6.45) is 9.07. The van der Waals surface area contributed by atoms with Gasteiger partial charge in [-0.05, 0) is 86.6 Å². The van der Waals surface area contributed by atoms with Crippen LogP contribution in [0.5, 0.6) is 0 Å². The van der Waals surface area contributed by atoms with Gasteiger partial charge in [-0.1, -0.05) is 18.2 Å². The van der Waals surface area contributed by atoms with Crippen LogP contribution >= 0.6 is 0 Å². The van der Waals surface area contributed by atoms with Crippen molar-refractivity contribution in [2.45, 2.75) is 32.1 Å². The van der Waals surface area contributed by atoms with Crippen LogP contribution in [0.1, 0.15) is 41.6 Å². The second-order valence-corrected chi connectivity index (χ2v) is 9.90. The number of nitrogens with one attached hydrogen (secondary N) is 1. The zero-order valence-corrected chi connectivity index (χ0v) is 19.2. The van der Waals surface area contributed by atoms with Gasteiger partial charge in [0.1, 0.15) is 0 Å². The lowest BCUT2D eigenvalue weighted by Gasteiger charge is -2.29. The van der Waals surface area contributed by atoms with Gasteiger partial charge in [-0.3, -0.25) is 14.8 Å². The molecule has 0 atom stereocenters. The van der Waals surface area contributed by atoms with Gasteiger partial charge in [-0.25, -0.2) is 0 Å². The molecule has 0 spiro atoms. The molecule has 3 heterocycles. The molecule has 3 aromatic rings. The number of aromatic nitrogens is 1. The maximum Gasteiger partial charge on any atom is 0.169 e. The molecule has 33 heavy (non-hydrogen) atoms. The SMILES string of the molecule is CN1CCC(CNc2c(C(=O)C3CC3)cnc3ccc(-c4ccc5c(c4)N=CC5)cc23)CC1. The molecule has 1 N–H and O–H groups in total. The van der Waals surface area contributed by atoms with Crippen molar-refractivity contribution in [1.82, 2.24) is 9.88 Å². The molecule has 2 aromatic carbocycles. The largest absolute Gasteiger partial charge is 0.384 e. The van der Waals surface area contributed by atoms with Crippen LogP contribution in [0.3, 0.4) is 0 Å². The molecule has 3 aliphatic rings. The standard InChI is InChI=1S/C28H30N4O/c1-32-12-9-18(10-13-32)16-31-27-23-14-21(22-5-2-19-8-11-29-26(19)15-22)6-7-25(23)30-17-24(27)28(33)20-3-4-20/h2,5-7,11,14-15,17-18,20H,3-4,8-10,12-13,16H2,1H3,(H,30,31). The Morgan fingerprint density at radius 3 is 2.67 bits per heavy atom. The minimum Gasteiger partial charge on any atom is -0.384 e. The number of nitrogens with zero attached hydrogens (tertiary/aromatic N) is 3. The van der Waals surface area contributed by atoms with Gasteiger partial charge in [0.2, 0.25) is 0 Å². The van der Waals surface area contributed by atoms with Gasteiger partial charge in [0.15, 0.2) is 5.78 Å². The molecular weight excluding hydrogens is 408 g/mol. The lowest BCUT2D eigenvalue weighted by Crippen LogP contribution is -2.33. The number of benzene rings is 2. The summed E-state index contributed by atoms with van der Waals surface area (Å²) < 4.78 is 0. The predicted octanol–water partition coefficient (Wildman–Crippen LogP) is 5.51. The molecule has 2 aliphatic heterocycles. The molecule has 1 aromatic heterocycles. The summed E-state index contributed by atoms with van der Waals surface area (Å²) in [6, 6.07) is 12.9. The molecule has 168 valence electrons. The summed E-state index contributed by atoms with van der Waals surface area (Å²) in [4.78, 5) is 24.7. The van der Waals surface area contributed by atoms with Gasteiger partial charge in [0, 0.05) is 36.7 Å². The highest BCUT2D eigenvalue weighted by molar-refractivity contribution is 6.10. The second kappa shape index (κ2) is 8.38. The van der Waals surface area contributed by atoms with Crippen LogP contribution in [0.15, 0.2) is 47.6 Å². The number of hydrogen-bond acceptors (Lipinski definition) is 5. The van der Waals surface area contributed by atoms with Crippen LogP contribution in [0.2, 0.25) is 0 Å². The molecule has 1 saturated carbocycles. The van der Waals surface area contributed by atoms with Crippen LogP contribution < -0.4 is 5.32 Å². The summed E-state index contributed by atoms with van der Waals surface area (Å²) in [5, 5.41) is 4.76. The molecule has 1 saturated heterocycles. The molecule has 0 amide bonds. The number of carbonyl (C=O) groups is 1. The van der Waals surface area contributed by atoms with E-state index in [4.69, 9.17) is 0 Å². The maximum absolute atomic E-state index is 13.1. The highest BCUT2D eigenvalue weighted by atomic mass is 16.1. The van der Waals surface area contributed by atoms with E-state index in [-0.39, 0.29) is 11.7 Å². The Bertz CT molecular complexity index is 1250. The van der Waals surface area contributed by atoms with Crippen LogP contribution in [-0.2, 0) is 6.42 Å². The van der Waals surface area contributed by atoms with Crippen molar-refractivity contribution >= 4 is 34.3 Å². The quantitative estimate of drug-likeness (QED) is 0.516. The number of piperidine rings is 1. The van der Waals surface area contributed by atoms with E-state index in [9.17, 15) is 4.79 Å². The van der Waals surface area contributed by atoms with E-state index < -0.39 is 0 Å². The Hall–Kier alpha value is -3.05. The number of pyridine rings is 1. The Labute approximate surface area is 194 Å². The third kappa shape index (κ3) is 4.06. The van der Waals surface area contributed by atoms with E-state index >= 15 is 0 Å². The Morgan fingerprint density at radius 2 is 1.85 bits per heavy atom. The molecule has 6 rings (SSSR count). The lowest BCUT2D eigenvalue weighted by molar-refractivity contribution is 0.0968. The van der Waals surface area contributed by atoms with Gasteiger partial charge < -0.3 is 10.2 Å². The third-order valence-electron chi connectivity index (χ3n) is 7.45. The average molecular weight is 439 g/mol. The topological polar surface area (TPSA) is 57.6 Å². The predicted molar refractivity (Wildman–Crippen MR) is 135 cm³/mol. The molecule has 5 nitrogen and oxygen atoms in total. The van der Waals surface area contributed by atoms with Crippen molar-refractivity contribution in [1.29, 1.82) is 0 Å². The molecule has 2 fully saturated rings. The summed E-state index contributed by atoms with van der Waals surface area (Å²) in [5.74, 6) is 1.05. The van der Waals surface area contributed by atoms with E-state index in [1.807, 2.05) is 6.21 Å². The average Bonchev–Trinajstić information content (AvgIpc) is 3.59. The van der Waals surface area contributed by atoms with E-state index in [2.05, 4.69) is 63.6 Å². The number of carbonyl (C=O) groups excluding carboxylic acids is 1.